The predicted molar refractivity (Wildman–Crippen MR) is 167 cm³/mol. The maximum absolute atomic E-state index is 12.5. The Labute approximate surface area is 243 Å². The van der Waals surface area contributed by atoms with Crippen molar-refractivity contribution in [2.24, 2.45) is 0 Å². The standard InChI is InChI=1S/C35H66O4/c1-3-5-7-9-11-13-15-16-17-18-20-22-24-26-32-35(38)39-33(30-27-28-31-34(36)37)29-25-23-21-19-14-12-10-8-6-4-2/h13,15,33H,3-12,14,16-32H2,1-2H3,(H,36,37)/b15-13-. The molecule has 0 aromatic heterocycles. The number of ether oxygens (including phenoxy) is 1. The van der Waals surface area contributed by atoms with Gasteiger partial charge in [-0.3, -0.25) is 9.59 Å². The van der Waals surface area contributed by atoms with Crippen LogP contribution in [0.3, 0.4) is 0 Å². The van der Waals surface area contributed by atoms with Gasteiger partial charge >= 0.3 is 11.9 Å². The molecular formula is C35H66O4. The van der Waals surface area contributed by atoms with Crippen LogP contribution in [-0.2, 0) is 14.3 Å². The summed E-state index contributed by atoms with van der Waals surface area (Å²) < 4.78 is 5.86. The largest absolute Gasteiger partial charge is 0.481 e. The number of hydrogen-bond acceptors (Lipinski definition) is 3. The Balaban J connectivity index is 3.90. The van der Waals surface area contributed by atoms with Crippen molar-refractivity contribution in [2.75, 3.05) is 0 Å². The van der Waals surface area contributed by atoms with Gasteiger partial charge in [0.25, 0.3) is 0 Å². The second-order valence-electron chi connectivity index (χ2n) is 11.7. The zero-order valence-electron chi connectivity index (χ0n) is 26.2. The van der Waals surface area contributed by atoms with Crippen molar-refractivity contribution >= 4 is 11.9 Å². The average molecular weight is 551 g/mol. The van der Waals surface area contributed by atoms with E-state index in [1.54, 1.807) is 0 Å². The topological polar surface area (TPSA) is 63.6 Å². The van der Waals surface area contributed by atoms with Gasteiger partial charge in [0.05, 0.1) is 0 Å². The van der Waals surface area contributed by atoms with Crippen molar-refractivity contribution in [3.05, 3.63) is 12.2 Å². The summed E-state index contributed by atoms with van der Waals surface area (Å²) >= 11 is 0. The number of allylic oxidation sites excluding steroid dienone is 2. The third kappa shape index (κ3) is 31.1. The highest BCUT2D eigenvalue weighted by Gasteiger charge is 2.14. The van der Waals surface area contributed by atoms with Gasteiger partial charge in [0, 0.05) is 12.8 Å². The van der Waals surface area contributed by atoms with E-state index in [1.807, 2.05) is 0 Å². The number of aliphatic carboxylic acids is 1. The summed E-state index contributed by atoms with van der Waals surface area (Å²) in [7, 11) is 0. The molecule has 0 aliphatic carbocycles. The molecule has 0 amide bonds. The molecule has 4 nitrogen and oxygen atoms in total. The number of hydrogen-bond donors (Lipinski definition) is 1. The lowest BCUT2D eigenvalue weighted by Crippen LogP contribution is -2.18. The van der Waals surface area contributed by atoms with E-state index in [1.165, 1.54) is 122 Å². The SMILES string of the molecule is CCCCCC/C=C\CCCCCCCCC(=O)OC(CCCCCCCCCCCC)CCCCC(=O)O. The van der Waals surface area contributed by atoms with Crippen LogP contribution in [0.4, 0.5) is 0 Å². The molecule has 0 saturated heterocycles. The smallest absolute Gasteiger partial charge is 0.306 e. The summed E-state index contributed by atoms with van der Waals surface area (Å²) in [4.78, 5) is 23.3. The Hall–Kier alpha value is -1.32. The lowest BCUT2D eigenvalue weighted by Gasteiger charge is -2.18. The summed E-state index contributed by atoms with van der Waals surface area (Å²) in [6.07, 6.45) is 36.4. The molecule has 1 unspecified atom stereocenters. The van der Waals surface area contributed by atoms with E-state index in [0.29, 0.717) is 12.8 Å². The molecular weight excluding hydrogens is 484 g/mol. The molecule has 0 aromatic rings. The van der Waals surface area contributed by atoms with Crippen molar-refractivity contribution in [3.63, 3.8) is 0 Å². The number of carbonyl (C=O) groups excluding carboxylic acids is 1. The fraction of sp³-hybridized carbons (Fsp3) is 0.886. The maximum Gasteiger partial charge on any atom is 0.306 e. The molecule has 0 saturated carbocycles. The van der Waals surface area contributed by atoms with Crippen LogP contribution in [0, 0.1) is 0 Å². The van der Waals surface area contributed by atoms with Crippen molar-refractivity contribution in [2.45, 2.75) is 200 Å². The van der Waals surface area contributed by atoms with Crippen LogP contribution >= 0.6 is 0 Å². The summed E-state index contributed by atoms with van der Waals surface area (Å²) in [6, 6.07) is 0. The highest BCUT2D eigenvalue weighted by Crippen LogP contribution is 2.18. The van der Waals surface area contributed by atoms with Crippen LogP contribution in [0.2, 0.25) is 0 Å². The number of carboxylic acids is 1. The fourth-order valence-corrected chi connectivity index (χ4v) is 5.18. The van der Waals surface area contributed by atoms with E-state index in [0.717, 1.165) is 38.5 Å². The van der Waals surface area contributed by atoms with E-state index in [9.17, 15) is 9.59 Å². The zero-order valence-corrected chi connectivity index (χ0v) is 26.2. The average Bonchev–Trinajstić information content (AvgIpc) is 2.92. The summed E-state index contributed by atoms with van der Waals surface area (Å²) in [5.41, 5.74) is 0. The molecule has 0 rings (SSSR count). The Bertz CT molecular complexity index is 557. The zero-order chi connectivity index (χ0) is 28.7. The second-order valence-corrected chi connectivity index (χ2v) is 11.7. The van der Waals surface area contributed by atoms with Crippen LogP contribution in [0.25, 0.3) is 0 Å². The van der Waals surface area contributed by atoms with Crippen molar-refractivity contribution < 1.29 is 19.4 Å². The van der Waals surface area contributed by atoms with E-state index < -0.39 is 5.97 Å². The molecule has 0 bridgehead atoms. The van der Waals surface area contributed by atoms with Gasteiger partial charge in [-0.25, -0.2) is 0 Å². The van der Waals surface area contributed by atoms with Crippen LogP contribution in [-0.4, -0.2) is 23.1 Å². The number of carboxylic acid groups (broad SMARTS) is 1. The summed E-state index contributed by atoms with van der Waals surface area (Å²) in [5, 5.41) is 8.90. The Morgan fingerprint density at radius 3 is 1.44 bits per heavy atom. The maximum atomic E-state index is 12.5. The summed E-state index contributed by atoms with van der Waals surface area (Å²) in [6.45, 7) is 4.52. The van der Waals surface area contributed by atoms with E-state index in [4.69, 9.17) is 9.84 Å². The first kappa shape index (κ1) is 37.7. The third-order valence-electron chi connectivity index (χ3n) is 7.74. The van der Waals surface area contributed by atoms with Gasteiger partial charge in [-0.2, -0.15) is 0 Å². The van der Waals surface area contributed by atoms with Crippen LogP contribution in [0.1, 0.15) is 194 Å². The first-order valence-corrected chi connectivity index (χ1v) is 17.2. The highest BCUT2D eigenvalue weighted by molar-refractivity contribution is 5.69. The quantitative estimate of drug-likeness (QED) is 0.0529. The monoisotopic (exact) mass is 550 g/mol. The highest BCUT2D eigenvalue weighted by atomic mass is 16.5. The molecule has 0 aliphatic heterocycles. The predicted octanol–water partition coefficient (Wildman–Crippen LogP) is 11.5. The molecule has 39 heavy (non-hydrogen) atoms. The molecule has 4 heteroatoms. The number of esters is 1. The van der Waals surface area contributed by atoms with Crippen molar-refractivity contribution in [3.8, 4) is 0 Å². The number of unbranched alkanes of at least 4 members (excludes halogenated alkanes) is 20. The minimum absolute atomic E-state index is 0.0416. The van der Waals surface area contributed by atoms with Gasteiger partial charge in [0.15, 0.2) is 0 Å². The third-order valence-corrected chi connectivity index (χ3v) is 7.74. The van der Waals surface area contributed by atoms with Crippen LogP contribution < -0.4 is 0 Å². The van der Waals surface area contributed by atoms with Crippen LogP contribution in [0.15, 0.2) is 12.2 Å². The Morgan fingerprint density at radius 1 is 0.538 bits per heavy atom. The van der Waals surface area contributed by atoms with Gasteiger partial charge < -0.3 is 9.84 Å². The van der Waals surface area contributed by atoms with Crippen molar-refractivity contribution in [1.82, 2.24) is 0 Å². The van der Waals surface area contributed by atoms with E-state index in [-0.39, 0.29) is 18.5 Å². The minimum Gasteiger partial charge on any atom is -0.481 e. The Morgan fingerprint density at radius 2 is 0.923 bits per heavy atom. The first-order chi connectivity index (χ1) is 19.1. The van der Waals surface area contributed by atoms with Crippen molar-refractivity contribution in [1.29, 1.82) is 0 Å². The second kappa shape index (κ2) is 31.2. The van der Waals surface area contributed by atoms with Crippen LogP contribution in [0.5, 0.6) is 0 Å². The van der Waals surface area contributed by atoms with Gasteiger partial charge in [-0.05, 0) is 64.2 Å². The lowest BCUT2D eigenvalue weighted by molar-refractivity contribution is -0.150. The lowest BCUT2D eigenvalue weighted by atomic mass is 10.0. The molecule has 1 atom stereocenters. The number of carbonyl (C=O) groups is 2. The molecule has 0 radical (unpaired) electrons. The number of rotatable bonds is 31. The fourth-order valence-electron chi connectivity index (χ4n) is 5.18. The minimum atomic E-state index is -0.743. The first-order valence-electron chi connectivity index (χ1n) is 17.2. The van der Waals surface area contributed by atoms with E-state index >= 15 is 0 Å². The molecule has 0 fully saturated rings. The Kier molecular flexibility index (Phi) is 30.2. The van der Waals surface area contributed by atoms with Gasteiger partial charge in [-0.15, -0.1) is 0 Å². The van der Waals surface area contributed by atoms with Gasteiger partial charge in [0.2, 0.25) is 0 Å². The van der Waals surface area contributed by atoms with E-state index in [2.05, 4.69) is 26.0 Å². The summed E-state index contributed by atoms with van der Waals surface area (Å²) in [5.74, 6) is -0.804. The molecule has 0 aromatic carbocycles. The normalized spacial score (nSPS) is 12.3. The molecule has 230 valence electrons. The molecule has 1 N–H and O–H groups in total. The molecule has 0 heterocycles. The van der Waals surface area contributed by atoms with Gasteiger partial charge in [0.1, 0.15) is 6.10 Å². The molecule has 0 spiro atoms. The van der Waals surface area contributed by atoms with Gasteiger partial charge in [-0.1, -0.05) is 129 Å². The molecule has 0 aliphatic rings.